The van der Waals surface area contributed by atoms with Crippen LogP contribution in [0.25, 0.3) is 0 Å². The van der Waals surface area contributed by atoms with Crippen LogP contribution in [0.2, 0.25) is 0 Å². The summed E-state index contributed by atoms with van der Waals surface area (Å²) in [6, 6.07) is 0. The van der Waals surface area contributed by atoms with E-state index in [9.17, 15) is 0 Å². The number of hydrogen-bond acceptors (Lipinski definition) is 0. The van der Waals surface area contributed by atoms with Gasteiger partial charge in [-0.25, -0.2) is 0 Å². The van der Waals surface area contributed by atoms with Crippen molar-refractivity contribution < 1.29 is 4.48 Å². The van der Waals surface area contributed by atoms with Crippen molar-refractivity contribution in [2.24, 2.45) is 0 Å². The van der Waals surface area contributed by atoms with Crippen LogP contribution in [0.5, 0.6) is 0 Å². The Kier molecular flexibility index (Phi) is 18.2. The fourth-order valence-corrected chi connectivity index (χ4v) is 2.78. The zero-order chi connectivity index (χ0) is 15.1. The first kappa shape index (κ1) is 23.3. The van der Waals surface area contributed by atoms with Gasteiger partial charge in [0.15, 0.2) is 0 Å². The van der Waals surface area contributed by atoms with Crippen LogP contribution in [0.3, 0.4) is 0 Å². The van der Waals surface area contributed by atoms with Crippen molar-refractivity contribution in [1.29, 1.82) is 0 Å². The Hall–Kier alpha value is 0.0249. The molecule has 0 N–H and O–H groups in total. The lowest BCUT2D eigenvalue weighted by Crippen LogP contribution is -2.35. The molecule has 2 heteroatoms. The van der Waals surface area contributed by atoms with Gasteiger partial charge in [0, 0.05) is 0 Å². The third-order valence-corrected chi connectivity index (χ3v) is 4.18. The van der Waals surface area contributed by atoms with E-state index in [1.807, 2.05) is 0 Å². The quantitative estimate of drug-likeness (QED) is 0.233. The predicted molar refractivity (Wildman–Crippen MR) is 105 cm³/mol. The summed E-state index contributed by atoms with van der Waals surface area (Å²) in [6.45, 7) is 3.63. The molecule has 21 heavy (non-hydrogen) atoms. The van der Waals surface area contributed by atoms with Crippen molar-refractivity contribution >= 4 is 8.41 Å². The maximum atomic E-state index is 2.29. The summed E-state index contributed by atoms with van der Waals surface area (Å²) in [5.41, 5.74) is 0. The summed E-state index contributed by atoms with van der Waals surface area (Å²) in [5, 5.41) is 0. The van der Waals surface area contributed by atoms with E-state index in [-0.39, 0.29) is 8.41 Å². The van der Waals surface area contributed by atoms with Gasteiger partial charge >= 0.3 is 0 Å². The monoisotopic (exact) mass is 299 g/mol. The molecular weight excluding hydrogens is 253 g/mol. The summed E-state index contributed by atoms with van der Waals surface area (Å²) in [4.78, 5) is 0. The lowest BCUT2D eigenvalue weighted by molar-refractivity contribution is -0.870. The molecule has 0 aromatic heterocycles. The van der Waals surface area contributed by atoms with Gasteiger partial charge in [-0.05, 0) is 12.8 Å². The molecule has 0 aliphatic carbocycles. The van der Waals surface area contributed by atoms with Gasteiger partial charge in [-0.1, -0.05) is 92.4 Å². The molecule has 0 aromatic rings. The molecule has 0 aliphatic rings. The molecule has 0 aliphatic heterocycles. The Bertz CT molecular complexity index is 186. The predicted octanol–water partition coefficient (Wildman–Crippen LogP) is 4.72. The van der Waals surface area contributed by atoms with Crippen molar-refractivity contribution in [1.82, 2.24) is 0 Å². The highest BCUT2D eigenvalue weighted by Gasteiger charge is 2.04. The minimum absolute atomic E-state index is 0. The van der Waals surface area contributed by atoms with Crippen LogP contribution in [0.15, 0.2) is 0 Å². The Morgan fingerprint density at radius 1 is 0.476 bits per heavy atom. The lowest BCUT2D eigenvalue weighted by atomic mass is 10.0. The van der Waals surface area contributed by atoms with Gasteiger partial charge < -0.3 is 4.48 Å². The van der Waals surface area contributed by atoms with Crippen LogP contribution in [-0.2, 0) is 0 Å². The summed E-state index contributed by atoms with van der Waals surface area (Å²) >= 11 is 0. The minimum atomic E-state index is 0. The third kappa shape index (κ3) is 22.4. The molecule has 130 valence electrons. The van der Waals surface area contributed by atoms with Crippen LogP contribution >= 0.6 is 0 Å². The van der Waals surface area contributed by atoms with Crippen molar-refractivity contribution in [2.75, 3.05) is 27.7 Å². The van der Waals surface area contributed by atoms with E-state index in [1.165, 1.54) is 96.4 Å². The van der Waals surface area contributed by atoms with E-state index in [1.54, 1.807) is 0 Å². The number of nitrogens with zero attached hydrogens (tertiary/aromatic N) is 1. The molecule has 1 nitrogen and oxygen atoms in total. The molecule has 0 atom stereocenters. The first-order chi connectivity index (χ1) is 9.56. The average molecular weight is 299 g/mol. The SMILES string of the molecule is CCCCCCCCCCCCCCCC[N+](C)(C)C.[BH4-]. The molecule has 0 rings (SSSR count). The first-order valence-electron chi connectivity index (χ1n) is 9.36. The van der Waals surface area contributed by atoms with E-state index in [2.05, 4.69) is 28.1 Å². The Morgan fingerprint density at radius 2 is 0.762 bits per heavy atom. The smallest absolute Gasteiger partial charge is 0.0780 e. The second kappa shape index (κ2) is 16.4. The molecule has 0 aromatic carbocycles. The topological polar surface area (TPSA) is 0 Å². The van der Waals surface area contributed by atoms with Gasteiger partial charge in [0.25, 0.3) is 0 Å². The highest BCUT2D eigenvalue weighted by molar-refractivity contribution is 5.75. The van der Waals surface area contributed by atoms with Crippen LogP contribution in [-0.4, -0.2) is 40.6 Å². The van der Waals surface area contributed by atoms with Crippen LogP contribution in [0.1, 0.15) is 96.8 Å². The van der Waals surface area contributed by atoms with E-state index >= 15 is 0 Å². The molecule has 0 bridgehead atoms. The highest BCUT2D eigenvalue weighted by Crippen LogP contribution is 2.13. The van der Waals surface area contributed by atoms with E-state index in [0.29, 0.717) is 0 Å². The maximum absolute atomic E-state index is 2.29. The zero-order valence-electron chi connectivity index (χ0n) is 15.1. The second-order valence-corrected chi connectivity index (χ2v) is 7.61. The third-order valence-electron chi connectivity index (χ3n) is 4.18. The number of hydrogen-bond donors (Lipinski definition) is 0. The van der Waals surface area contributed by atoms with Gasteiger partial charge in [0.1, 0.15) is 0 Å². The fourth-order valence-electron chi connectivity index (χ4n) is 2.78. The molecule has 0 amide bonds. The van der Waals surface area contributed by atoms with Gasteiger partial charge in [-0.15, -0.1) is 0 Å². The molecule has 0 saturated carbocycles. The van der Waals surface area contributed by atoms with E-state index < -0.39 is 0 Å². The van der Waals surface area contributed by atoms with Crippen molar-refractivity contribution in [3.63, 3.8) is 0 Å². The van der Waals surface area contributed by atoms with E-state index in [4.69, 9.17) is 0 Å². The van der Waals surface area contributed by atoms with Gasteiger partial charge in [0.2, 0.25) is 0 Å². The van der Waals surface area contributed by atoms with Gasteiger partial charge in [-0.3, -0.25) is 0 Å². The Balaban J connectivity index is 0. The van der Waals surface area contributed by atoms with Crippen LogP contribution in [0.4, 0.5) is 0 Å². The summed E-state index contributed by atoms with van der Waals surface area (Å²) < 4.78 is 1.12. The van der Waals surface area contributed by atoms with E-state index in [0.717, 1.165) is 4.48 Å². The van der Waals surface area contributed by atoms with Crippen molar-refractivity contribution in [2.45, 2.75) is 96.8 Å². The molecule has 0 fully saturated rings. The van der Waals surface area contributed by atoms with Crippen molar-refractivity contribution in [3.8, 4) is 0 Å². The second-order valence-electron chi connectivity index (χ2n) is 7.61. The number of unbranched alkanes of at least 4 members (excludes halogenated alkanes) is 13. The molecule has 0 spiro atoms. The molecule has 0 radical (unpaired) electrons. The fraction of sp³-hybridized carbons (Fsp3) is 1.00. The van der Waals surface area contributed by atoms with Crippen molar-refractivity contribution in [3.05, 3.63) is 0 Å². The lowest BCUT2D eigenvalue weighted by Gasteiger charge is -2.23. The van der Waals surface area contributed by atoms with Crippen LogP contribution < -0.4 is 0 Å². The van der Waals surface area contributed by atoms with Crippen LogP contribution in [0, 0.1) is 0 Å². The molecular formula is C19H46BN. The van der Waals surface area contributed by atoms with Gasteiger partial charge in [-0.2, -0.15) is 0 Å². The summed E-state index contributed by atoms with van der Waals surface area (Å²) in [7, 11) is 6.88. The highest BCUT2D eigenvalue weighted by atomic mass is 15.3. The maximum Gasteiger partial charge on any atom is 0.0780 e. The zero-order valence-corrected chi connectivity index (χ0v) is 15.1. The molecule has 0 saturated heterocycles. The normalized spacial score (nSPS) is 11.4. The standard InChI is InChI=1S/C19H42N.BH4/c1-5-6-7-8-9-10-11-12-13-14-15-16-17-18-19-20(2,3)4;/h5-19H2,1-4H3;1H4/q+1;-1. The summed E-state index contributed by atoms with van der Waals surface area (Å²) in [6.07, 6.45) is 20.4. The summed E-state index contributed by atoms with van der Waals surface area (Å²) in [5.74, 6) is 0. The Labute approximate surface area is 138 Å². The largest absolute Gasteiger partial charge is 0.331 e. The number of rotatable bonds is 15. The number of quaternary nitrogens is 1. The Morgan fingerprint density at radius 3 is 1.05 bits per heavy atom. The average Bonchev–Trinajstić information content (AvgIpc) is 2.38. The molecule has 0 unspecified atom stereocenters. The van der Waals surface area contributed by atoms with Gasteiger partial charge in [0.05, 0.1) is 27.7 Å². The molecule has 0 heterocycles. The first-order valence-corrected chi connectivity index (χ1v) is 9.36. The minimum Gasteiger partial charge on any atom is -0.331 e.